The van der Waals surface area contributed by atoms with E-state index in [1.807, 2.05) is 0 Å². The molecule has 0 aromatic heterocycles. The van der Waals surface area contributed by atoms with Crippen LogP contribution in [0.5, 0.6) is 0 Å². The largest absolute Gasteiger partial charge is 0.328 e. The van der Waals surface area contributed by atoms with Gasteiger partial charge in [0.1, 0.15) is 0 Å². The van der Waals surface area contributed by atoms with E-state index in [1.165, 1.54) is 0 Å². The molecular formula is C13H19F2N. The Kier molecular flexibility index (Phi) is 5.39. The van der Waals surface area contributed by atoms with Gasteiger partial charge in [-0.15, -0.1) is 0 Å². The molecule has 0 bridgehead atoms. The molecule has 0 saturated carbocycles. The third-order valence-electron chi connectivity index (χ3n) is 2.71. The summed E-state index contributed by atoms with van der Waals surface area (Å²) < 4.78 is 26.2. The molecule has 0 fully saturated rings. The molecule has 0 heterocycles. The molecule has 90 valence electrons. The smallest absolute Gasteiger partial charge is 0.162 e. The quantitative estimate of drug-likeness (QED) is 0.791. The average molecular weight is 227 g/mol. The molecule has 2 N–H and O–H groups in total. The van der Waals surface area contributed by atoms with Gasteiger partial charge in [-0.2, -0.15) is 0 Å². The average Bonchev–Trinajstić information content (AvgIpc) is 2.25. The minimum atomic E-state index is -0.768. The van der Waals surface area contributed by atoms with Crippen LogP contribution in [-0.4, -0.2) is 6.04 Å². The fourth-order valence-electron chi connectivity index (χ4n) is 1.81. The van der Waals surface area contributed by atoms with Gasteiger partial charge in [0, 0.05) is 6.04 Å². The van der Waals surface area contributed by atoms with Crippen LogP contribution in [0.2, 0.25) is 0 Å². The van der Waals surface area contributed by atoms with Crippen molar-refractivity contribution in [1.82, 2.24) is 0 Å². The number of nitrogens with two attached hydrogens (primary N) is 1. The molecule has 0 radical (unpaired) electrons. The van der Waals surface area contributed by atoms with E-state index >= 15 is 0 Å². The summed E-state index contributed by atoms with van der Waals surface area (Å²) in [4.78, 5) is 0. The van der Waals surface area contributed by atoms with E-state index in [-0.39, 0.29) is 6.04 Å². The topological polar surface area (TPSA) is 26.0 Å². The van der Waals surface area contributed by atoms with Crippen LogP contribution in [0.3, 0.4) is 0 Å². The second-order valence-electron chi connectivity index (χ2n) is 4.15. The van der Waals surface area contributed by atoms with Crippen molar-refractivity contribution in [1.29, 1.82) is 0 Å². The first kappa shape index (κ1) is 13.1. The number of benzene rings is 1. The molecule has 1 aromatic carbocycles. The van der Waals surface area contributed by atoms with Gasteiger partial charge in [-0.3, -0.25) is 0 Å². The van der Waals surface area contributed by atoms with Gasteiger partial charge in [-0.25, -0.2) is 8.78 Å². The third-order valence-corrected chi connectivity index (χ3v) is 2.71. The zero-order valence-electron chi connectivity index (χ0n) is 9.68. The van der Waals surface area contributed by atoms with Crippen molar-refractivity contribution in [2.45, 2.75) is 45.1 Å². The molecule has 0 aliphatic carbocycles. The van der Waals surface area contributed by atoms with Gasteiger partial charge in [0.2, 0.25) is 0 Å². The highest BCUT2D eigenvalue weighted by atomic mass is 19.2. The Bertz CT molecular complexity index is 326. The fourth-order valence-corrected chi connectivity index (χ4v) is 1.81. The minimum absolute atomic E-state index is 0.182. The van der Waals surface area contributed by atoms with Gasteiger partial charge >= 0.3 is 0 Å². The lowest BCUT2D eigenvalue weighted by molar-refractivity contribution is 0.490. The summed E-state index contributed by atoms with van der Waals surface area (Å²) in [7, 11) is 0. The van der Waals surface area contributed by atoms with E-state index in [0.29, 0.717) is 12.0 Å². The summed E-state index contributed by atoms with van der Waals surface area (Å²) in [6.07, 6.45) is 4.29. The number of rotatable bonds is 6. The predicted molar refractivity (Wildman–Crippen MR) is 62.2 cm³/mol. The Hall–Kier alpha value is -0.960. The molecule has 1 nitrogen and oxygen atoms in total. The van der Waals surface area contributed by atoms with E-state index in [1.54, 1.807) is 12.1 Å². The summed E-state index contributed by atoms with van der Waals surface area (Å²) in [6, 6.07) is 4.49. The van der Waals surface area contributed by atoms with Crippen LogP contribution in [0, 0.1) is 11.6 Å². The molecule has 16 heavy (non-hydrogen) atoms. The maximum Gasteiger partial charge on any atom is 0.162 e. The Morgan fingerprint density at radius 2 is 2.00 bits per heavy atom. The van der Waals surface area contributed by atoms with E-state index in [0.717, 1.165) is 31.7 Å². The second-order valence-corrected chi connectivity index (χ2v) is 4.15. The Labute approximate surface area is 95.7 Å². The van der Waals surface area contributed by atoms with Crippen LogP contribution in [0.25, 0.3) is 0 Å². The van der Waals surface area contributed by atoms with Crippen molar-refractivity contribution < 1.29 is 8.78 Å². The number of hydrogen-bond donors (Lipinski definition) is 1. The Morgan fingerprint density at radius 3 is 2.69 bits per heavy atom. The summed E-state index contributed by atoms with van der Waals surface area (Å²) in [5, 5.41) is 0. The van der Waals surface area contributed by atoms with E-state index in [2.05, 4.69) is 6.92 Å². The summed E-state index contributed by atoms with van der Waals surface area (Å²) in [6.45, 7) is 2.09. The third kappa shape index (κ3) is 3.89. The molecule has 0 spiro atoms. The highest BCUT2D eigenvalue weighted by Gasteiger charge is 2.08. The maximum atomic E-state index is 13.3. The van der Waals surface area contributed by atoms with Gasteiger partial charge in [0.15, 0.2) is 11.6 Å². The molecule has 3 heteroatoms. The lowest BCUT2D eigenvalue weighted by atomic mass is 10.0. The molecule has 1 rings (SSSR count). The Morgan fingerprint density at radius 1 is 1.25 bits per heavy atom. The summed E-state index contributed by atoms with van der Waals surface area (Å²) in [5.41, 5.74) is 6.30. The minimum Gasteiger partial charge on any atom is -0.328 e. The SMILES string of the molecule is CCCC(N)CCCc1cccc(F)c1F. The van der Waals surface area contributed by atoms with E-state index < -0.39 is 11.6 Å². The maximum absolute atomic E-state index is 13.3. The standard InChI is InChI=1S/C13H19F2N/c1-2-5-11(16)8-3-6-10-7-4-9-12(14)13(10)15/h4,7,9,11H,2-3,5-6,8,16H2,1H3. The van der Waals surface area contributed by atoms with Crippen molar-refractivity contribution in [2.24, 2.45) is 5.73 Å². The number of halogens is 2. The lowest BCUT2D eigenvalue weighted by Gasteiger charge is -2.10. The van der Waals surface area contributed by atoms with E-state index in [9.17, 15) is 8.78 Å². The number of hydrogen-bond acceptors (Lipinski definition) is 1. The lowest BCUT2D eigenvalue weighted by Crippen LogP contribution is -2.19. The van der Waals surface area contributed by atoms with Crippen molar-refractivity contribution in [3.63, 3.8) is 0 Å². The van der Waals surface area contributed by atoms with Crippen molar-refractivity contribution in [2.75, 3.05) is 0 Å². The molecule has 0 aliphatic rings. The van der Waals surface area contributed by atoms with Gasteiger partial charge in [-0.05, 0) is 37.3 Å². The molecule has 0 saturated heterocycles. The van der Waals surface area contributed by atoms with Crippen LogP contribution in [0.4, 0.5) is 8.78 Å². The van der Waals surface area contributed by atoms with Crippen molar-refractivity contribution >= 4 is 0 Å². The summed E-state index contributed by atoms with van der Waals surface area (Å²) in [5.74, 6) is -1.48. The zero-order chi connectivity index (χ0) is 12.0. The van der Waals surface area contributed by atoms with Gasteiger partial charge in [0.25, 0.3) is 0 Å². The highest BCUT2D eigenvalue weighted by molar-refractivity contribution is 5.18. The summed E-state index contributed by atoms with van der Waals surface area (Å²) >= 11 is 0. The van der Waals surface area contributed by atoms with Crippen LogP contribution in [-0.2, 0) is 6.42 Å². The van der Waals surface area contributed by atoms with Crippen LogP contribution >= 0.6 is 0 Å². The second kappa shape index (κ2) is 6.59. The molecule has 1 unspecified atom stereocenters. The van der Waals surface area contributed by atoms with Gasteiger partial charge in [0.05, 0.1) is 0 Å². The van der Waals surface area contributed by atoms with Gasteiger partial charge in [-0.1, -0.05) is 25.5 Å². The van der Waals surface area contributed by atoms with Crippen LogP contribution < -0.4 is 5.73 Å². The fraction of sp³-hybridized carbons (Fsp3) is 0.538. The normalized spacial score (nSPS) is 12.8. The molecule has 1 aromatic rings. The first-order valence-electron chi connectivity index (χ1n) is 5.83. The monoisotopic (exact) mass is 227 g/mol. The Balaban J connectivity index is 2.40. The predicted octanol–water partition coefficient (Wildman–Crippen LogP) is 3.41. The molecule has 0 aliphatic heterocycles. The van der Waals surface area contributed by atoms with Crippen LogP contribution in [0.15, 0.2) is 18.2 Å². The first-order valence-corrected chi connectivity index (χ1v) is 5.83. The first-order chi connectivity index (χ1) is 7.65. The highest BCUT2D eigenvalue weighted by Crippen LogP contribution is 2.14. The molecule has 0 amide bonds. The van der Waals surface area contributed by atoms with E-state index in [4.69, 9.17) is 5.73 Å². The molecular weight excluding hydrogens is 208 g/mol. The molecule has 1 atom stereocenters. The van der Waals surface area contributed by atoms with Crippen molar-refractivity contribution in [3.05, 3.63) is 35.4 Å². The zero-order valence-corrected chi connectivity index (χ0v) is 9.68. The van der Waals surface area contributed by atoms with Gasteiger partial charge < -0.3 is 5.73 Å². The number of aryl methyl sites for hydroxylation is 1. The van der Waals surface area contributed by atoms with Crippen molar-refractivity contribution in [3.8, 4) is 0 Å². The van der Waals surface area contributed by atoms with Crippen LogP contribution in [0.1, 0.15) is 38.2 Å².